The van der Waals surface area contributed by atoms with E-state index in [4.69, 9.17) is 0 Å². The van der Waals surface area contributed by atoms with Crippen molar-refractivity contribution >= 4 is 16.4 Å². The van der Waals surface area contributed by atoms with Crippen LogP contribution in [0.3, 0.4) is 0 Å². The summed E-state index contributed by atoms with van der Waals surface area (Å²) in [4.78, 5) is 10.4. The van der Waals surface area contributed by atoms with Crippen LogP contribution >= 0.6 is 0 Å². The Labute approximate surface area is 65.6 Å². The molecule has 0 saturated heterocycles. The fourth-order valence-electron chi connectivity index (χ4n) is 0.341. The van der Waals surface area contributed by atoms with E-state index >= 15 is 0 Å². The summed E-state index contributed by atoms with van der Waals surface area (Å²) in [6, 6.07) is 0. The lowest BCUT2D eigenvalue weighted by Crippen LogP contribution is -2.14. The predicted molar refractivity (Wildman–Crippen MR) is 36.9 cm³/mol. The van der Waals surface area contributed by atoms with Crippen LogP contribution in [0.15, 0.2) is 0 Å². The summed E-state index contributed by atoms with van der Waals surface area (Å²) in [7, 11) is -4.09. The average molecular weight is 182 g/mol. The zero-order chi connectivity index (χ0) is 8.91. The summed E-state index contributed by atoms with van der Waals surface area (Å²) in [6.45, 7) is 2.93. The predicted octanol–water partition coefficient (Wildman–Crippen LogP) is 0.221. The molecule has 0 unspecified atom stereocenters. The number of hydrogen-bond acceptors (Lipinski definition) is 5. The van der Waals surface area contributed by atoms with Crippen molar-refractivity contribution in [2.24, 2.45) is 0 Å². The van der Waals surface area contributed by atoms with Gasteiger partial charge in [0.1, 0.15) is 0 Å². The van der Waals surface area contributed by atoms with Gasteiger partial charge in [0.25, 0.3) is 0 Å². The van der Waals surface area contributed by atoms with E-state index in [0.717, 1.165) is 0 Å². The fraction of sp³-hybridized carbons (Fsp3) is 0.800. The van der Waals surface area contributed by atoms with Crippen LogP contribution < -0.4 is 0 Å². The standard InChI is InChI=1S/C5H10O5S/c1-3-5(6)10-11(7,8)9-4-2/h3-4H2,1-2H3. The van der Waals surface area contributed by atoms with Crippen molar-refractivity contribution < 1.29 is 21.6 Å². The highest BCUT2D eigenvalue weighted by molar-refractivity contribution is 7.82. The molecule has 5 nitrogen and oxygen atoms in total. The Bertz CT molecular complexity index is 217. The van der Waals surface area contributed by atoms with Gasteiger partial charge < -0.3 is 4.18 Å². The molecule has 0 heterocycles. The van der Waals surface area contributed by atoms with Gasteiger partial charge in [-0.1, -0.05) is 6.92 Å². The zero-order valence-corrected chi connectivity index (χ0v) is 7.18. The maximum Gasteiger partial charge on any atom is 0.451 e. The normalized spacial score (nSPS) is 11.1. The molecule has 0 aromatic heterocycles. The molecule has 0 atom stereocenters. The number of rotatable bonds is 4. The minimum absolute atomic E-state index is 0.00625. The molecule has 66 valence electrons. The van der Waals surface area contributed by atoms with Gasteiger partial charge in [-0.2, -0.15) is 8.42 Å². The Morgan fingerprint density at radius 1 is 1.36 bits per heavy atom. The second-order valence-corrected chi connectivity index (χ2v) is 2.84. The molecule has 0 rings (SSSR count). The molecule has 0 aromatic carbocycles. The van der Waals surface area contributed by atoms with Crippen molar-refractivity contribution in [1.82, 2.24) is 0 Å². The highest BCUT2D eigenvalue weighted by Crippen LogP contribution is 1.97. The first-order chi connectivity index (χ1) is 5.02. The lowest BCUT2D eigenvalue weighted by atomic mass is 10.5. The number of carbonyl (C=O) groups is 1. The van der Waals surface area contributed by atoms with Crippen LogP contribution in [-0.4, -0.2) is 21.0 Å². The summed E-state index contributed by atoms with van der Waals surface area (Å²) in [5.74, 6) is -0.821. The molecule has 0 aliphatic heterocycles. The molecule has 0 amide bonds. The molecular weight excluding hydrogens is 172 g/mol. The summed E-state index contributed by atoms with van der Waals surface area (Å²) in [5.41, 5.74) is 0. The molecule has 0 aliphatic rings. The number of carbonyl (C=O) groups excluding carboxylic acids is 1. The fourth-order valence-corrected chi connectivity index (χ4v) is 1.02. The molecule has 0 spiro atoms. The molecule has 0 aromatic rings. The molecule has 0 aliphatic carbocycles. The third kappa shape index (κ3) is 4.74. The van der Waals surface area contributed by atoms with E-state index in [1.54, 1.807) is 0 Å². The first-order valence-electron chi connectivity index (χ1n) is 3.13. The van der Waals surface area contributed by atoms with Gasteiger partial charge in [-0.15, -0.1) is 0 Å². The van der Waals surface area contributed by atoms with Gasteiger partial charge in [0.2, 0.25) is 0 Å². The molecule has 11 heavy (non-hydrogen) atoms. The van der Waals surface area contributed by atoms with Crippen molar-refractivity contribution in [3.8, 4) is 0 Å². The second-order valence-electron chi connectivity index (χ2n) is 1.62. The quantitative estimate of drug-likeness (QED) is 0.622. The summed E-state index contributed by atoms with van der Waals surface area (Å²) in [6.07, 6.45) is 0.00625. The Balaban J connectivity index is 4.03. The van der Waals surface area contributed by atoms with Crippen molar-refractivity contribution in [2.45, 2.75) is 20.3 Å². The molecule has 0 radical (unpaired) electrons. The van der Waals surface area contributed by atoms with Gasteiger partial charge in [0.05, 0.1) is 6.61 Å². The lowest BCUT2D eigenvalue weighted by molar-refractivity contribution is -0.134. The van der Waals surface area contributed by atoms with E-state index in [1.807, 2.05) is 0 Å². The van der Waals surface area contributed by atoms with Crippen molar-refractivity contribution in [1.29, 1.82) is 0 Å². The Morgan fingerprint density at radius 2 is 1.91 bits per heavy atom. The maximum absolute atomic E-state index is 10.5. The van der Waals surface area contributed by atoms with E-state index in [1.165, 1.54) is 13.8 Å². The van der Waals surface area contributed by atoms with Gasteiger partial charge in [0, 0.05) is 6.42 Å². The minimum atomic E-state index is -4.09. The van der Waals surface area contributed by atoms with Crippen LogP contribution in [0.2, 0.25) is 0 Å². The van der Waals surface area contributed by atoms with Gasteiger partial charge >= 0.3 is 16.4 Å². The summed E-state index contributed by atoms with van der Waals surface area (Å²) >= 11 is 0. The van der Waals surface area contributed by atoms with Crippen molar-refractivity contribution in [2.75, 3.05) is 6.61 Å². The minimum Gasteiger partial charge on any atom is -0.325 e. The summed E-state index contributed by atoms with van der Waals surface area (Å²) < 4.78 is 29.1. The van der Waals surface area contributed by atoms with E-state index in [2.05, 4.69) is 8.37 Å². The first kappa shape index (κ1) is 10.4. The van der Waals surface area contributed by atoms with Crippen molar-refractivity contribution in [3.63, 3.8) is 0 Å². The smallest absolute Gasteiger partial charge is 0.325 e. The lowest BCUT2D eigenvalue weighted by Gasteiger charge is -2.01. The number of hydrogen-bond donors (Lipinski definition) is 0. The molecule has 0 saturated carbocycles. The van der Waals surface area contributed by atoms with E-state index in [9.17, 15) is 13.2 Å². The Morgan fingerprint density at radius 3 is 2.27 bits per heavy atom. The van der Waals surface area contributed by atoms with Crippen molar-refractivity contribution in [3.05, 3.63) is 0 Å². The van der Waals surface area contributed by atoms with Gasteiger partial charge in [0.15, 0.2) is 0 Å². The Hall–Kier alpha value is -0.620. The molecule has 0 N–H and O–H groups in total. The largest absolute Gasteiger partial charge is 0.451 e. The third-order valence-electron chi connectivity index (χ3n) is 0.746. The summed E-state index contributed by atoms with van der Waals surface area (Å²) in [5, 5.41) is 0. The van der Waals surface area contributed by atoms with Crippen LogP contribution in [-0.2, 0) is 23.6 Å². The van der Waals surface area contributed by atoms with E-state index < -0.39 is 16.4 Å². The average Bonchev–Trinajstić information content (AvgIpc) is 1.86. The topological polar surface area (TPSA) is 69.7 Å². The SMILES string of the molecule is CCOS(=O)(=O)OC(=O)CC. The van der Waals surface area contributed by atoms with E-state index in [0.29, 0.717) is 0 Å². The van der Waals surface area contributed by atoms with Gasteiger partial charge in [-0.25, -0.2) is 4.18 Å². The highest BCUT2D eigenvalue weighted by atomic mass is 32.3. The Kier molecular flexibility index (Phi) is 4.06. The van der Waals surface area contributed by atoms with Crippen LogP contribution in [0.4, 0.5) is 0 Å². The first-order valence-corrected chi connectivity index (χ1v) is 4.46. The maximum atomic E-state index is 10.5. The van der Waals surface area contributed by atoms with Gasteiger partial charge in [-0.05, 0) is 6.92 Å². The molecular formula is C5H10O5S. The van der Waals surface area contributed by atoms with Crippen LogP contribution in [0, 0.1) is 0 Å². The highest BCUT2D eigenvalue weighted by Gasteiger charge is 2.14. The van der Waals surface area contributed by atoms with Crippen LogP contribution in [0.1, 0.15) is 20.3 Å². The molecule has 0 fully saturated rings. The van der Waals surface area contributed by atoms with E-state index in [-0.39, 0.29) is 13.0 Å². The van der Waals surface area contributed by atoms with Gasteiger partial charge in [-0.3, -0.25) is 4.79 Å². The third-order valence-corrected chi connectivity index (χ3v) is 1.66. The van der Waals surface area contributed by atoms with Crippen LogP contribution in [0.5, 0.6) is 0 Å². The zero-order valence-electron chi connectivity index (χ0n) is 6.36. The molecule has 6 heteroatoms. The monoisotopic (exact) mass is 182 g/mol. The molecule has 0 bridgehead atoms. The second kappa shape index (κ2) is 4.30. The van der Waals surface area contributed by atoms with Crippen LogP contribution in [0.25, 0.3) is 0 Å².